The second-order valence-electron chi connectivity index (χ2n) is 5.76. The van der Waals surface area contributed by atoms with Crippen molar-refractivity contribution in [1.29, 1.82) is 0 Å². The van der Waals surface area contributed by atoms with Crippen LogP contribution in [0.1, 0.15) is 44.7 Å². The predicted molar refractivity (Wildman–Crippen MR) is 82.4 cm³/mol. The highest BCUT2D eigenvalue weighted by atomic mass is 35.5. The number of nitrogens with zero attached hydrogens (tertiary/aromatic N) is 1. The van der Waals surface area contributed by atoms with Crippen LogP contribution in [0.4, 0.5) is 0 Å². The van der Waals surface area contributed by atoms with Gasteiger partial charge in [0, 0.05) is 17.6 Å². The zero-order valence-corrected chi connectivity index (χ0v) is 12.7. The topological polar surface area (TPSA) is 29.3 Å². The van der Waals surface area contributed by atoms with Crippen LogP contribution in [0.2, 0.25) is 5.02 Å². The van der Waals surface area contributed by atoms with E-state index in [1.165, 1.54) is 18.4 Å². The van der Waals surface area contributed by atoms with Gasteiger partial charge in [-0.15, -0.1) is 0 Å². The van der Waals surface area contributed by atoms with Gasteiger partial charge in [0.2, 0.25) is 0 Å². The van der Waals surface area contributed by atoms with Gasteiger partial charge in [0.25, 0.3) is 0 Å². The van der Waals surface area contributed by atoms with Crippen LogP contribution < -0.4 is 5.73 Å². The highest BCUT2D eigenvalue weighted by Crippen LogP contribution is 2.35. The fraction of sp³-hybridized carbons (Fsp3) is 0.625. The Morgan fingerprint density at radius 3 is 2.58 bits per heavy atom. The van der Waals surface area contributed by atoms with E-state index in [1.807, 2.05) is 12.1 Å². The van der Waals surface area contributed by atoms with Gasteiger partial charge in [-0.1, -0.05) is 36.7 Å². The van der Waals surface area contributed by atoms with Crippen molar-refractivity contribution >= 4 is 11.6 Å². The molecule has 2 unspecified atom stereocenters. The first-order valence-corrected chi connectivity index (χ1v) is 7.75. The molecular formula is C16H25ClN2. The summed E-state index contributed by atoms with van der Waals surface area (Å²) in [5.74, 6) is 0.871. The standard InChI is InChI=1S/C16H25ClN2/c1-3-10-19(11-13-8-9-13)16(12(2)18)14-6-4-5-7-15(14)17/h4-7,12-13,16H,3,8-11,18H2,1-2H3. The summed E-state index contributed by atoms with van der Waals surface area (Å²) in [6.45, 7) is 6.56. The van der Waals surface area contributed by atoms with Gasteiger partial charge in [-0.2, -0.15) is 0 Å². The first-order valence-electron chi connectivity index (χ1n) is 7.37. The van der Waals surface area contributed by atoms with E-state index < -0.39 is 0 Å². The van der Waals surface area contributed by atoms with Crippen LogP contribution in [0.25, 0.3) is 0 Å². The SMILES string of the molecule is CCCN(CC1CC1)C(c1ccccc1Cl)C(C)N. The smallest absolute Gasteiger partial charge is 0.0511 e. The van der Waals surface area contributed by atoms with Crippen LogP contribution in [0.3, 0.4) is 0 Å². The van der Waals surface area contributed by atoms with Gasteiger partial charge in [-0.3, -0.25) is 4.90 Å². The van der Waals surface area contributed by atoms with Crippen molar-refractivity contribution in [2.75, 3.05) is 13.1 Å². The minimum absolute atomic E-state index is 0.0881. The lowest BCUT2D eigenvalue weighted by atomic mass is 9.98. The summed E-state index contributed by atoms with van der Waals surface area (Å²) in [7, 11) is 0. The Labute approximate surface area is 121 Å². The molecule has 3 heteroatoms. The van der Waals surface area contributed by atoms with Crippen molar-refractivity contribution in [1.82, 2.24) is 4.90 Å². The highest BCUT2D eigenvalue weighted by molar-refractivity contribution is 6.31. The molecular weight excluding hydrogens is 256 g/mol. The maximum atomic E-state index is 6.38. The zero-order valence-electron chi connectivity index (χ0n) is 12.0. The van der Waals surface area contributed by atoms with Crippen LogP contribution in [0, 0.1) is 5.92 Å². The van der Waals surface area contributed by atoms with Crippen LogP contribution in [0.15, 0.2) is 24.3 Å². The Balaban J connectivity index is 2.23. The molecule has 106 valence electrons. The molecule has 0 saturated heterocycles. The summed E-state index contributed by atoms with van der Waals surface area (Å²) in [6.07, 6.45) is 3.89. The first kappa shape index (κ1) is 14.8. The molecule has 0 heterocycles. The van der Waals surface area contributed by atoms with Crippen LogP contribution >= 0.6 is 11.6 Å². The number of nitrogens with two attached hydrogens (primary N) is 1. The normalized spacial score (nSPS) is 18.6. The Bertz CT molecular complexity index is 401. The van der Waals surface area contributed by atoms with E-state index in [4.69, 9.17) is 17.3 Å². The fourth-order valence-electron chi connectivity index (χ4n) is 2.79. The minimum Gasteiger partial charge on any atom is -0.326 e. The van der Waals surface area contributed by atoms with Gasteiger partial charge in [0.15, 0.2) is 0 Å². The predicted octanol–water partition coefficient (Wildman–Crippen LogP) is 3.85. The third kappa shape index (κ3) is 3.95. The summed E-state index contributed by atoms with van der Waals surface area (Å²) in [5, 5.41) is 0.835. The lowest BCUT2D eigenvalue weighted by molar-refractivity contribution is 0.169. The average molecular weight is 281 g/mol. The van der Waals surface area contributed by atoms with Gasteiger partial charge < -0.3 is 5.73 Å². The molecule has 2 nitrogen and oxygen atoms in total. The third-order valence-corrected chi connectivity index (χ3v) is 4.16. The summed E-state index contributed by atoms with van der Waals surface area (Å²) in [4.78, 5) is 2.53. The molecule has 19 heavy (non-hydrogen) atoms. The first-order chi connectivity index (χ1) is 9.13. The van der Waals surface area contributed by atoms with E-state index in [1.54, 1.807) is 0 Å². The molecule has 1 aromatic carbocycles. The van der Waals surface area contributed by atoms with E-state index >= 15 is 0 Å². The fourth-order valence-corrected chi connectivity index (χ4v) is 3.04. The molecule has 2 rings (SSSR count). The van der Waals surface area contributed by atoms with E-state index in [-0.39, 0.29) is 12.1 Å². The third-order valence-electron chi connectivity index (χ3n) is 3.82. The summed E-state index contributed by atoms with van der Waals surface area (Å²) < 4.78 is 0. The Morgan fingerprint density at radius 2 is 2.05 bits per heavy atom. The molecule has 1 saturated carbocycles. The lowest BCUT2D eigenvalue weighted by Crippen LogP contribution is -2.41. The molecule has 1 aromatic rings. The molecule has 0 bridgehead atoms. The minimum atomic E-state index is 0.0881. The Hall–Kier alpha value is -0.570. The second-order valence-corrected chi connectivity index (χ2v) is 6.17. The van der Waals surface area contributed by atoms with Gasteiger partial charge in [0.05, 0.1) is 6.04 Å². The Morgan fingerprint density at radius 1 is 1.37 bits per heavy atom. The number of benzene rings is 1. The van der Waals surface area contributed by atoms with Gasteiger partial charge in [-0.25, -0.2) is 0 Å². The number of hydrogen-bond donors (Lipinski definition) is 1. The van der Waals surface area contributed by atoms with E-state index in [0.29, 0.717) is 0 Å². The molecule has 1 aliphatic carbocycles. The van der Waals surface area contributed by atoms with Crippen molar-refractivity contribution in [3.8, 4) is 0 Å². The highest BCUT2D eigenvalue weighted by Gasteiger charge is 2.30. The monoisotopic (exact) mass is 280 g/mol. The second kappa shape index (κ2) is 6.74. The zero-order chi connectivity index (χ0) is 13.8. The lowest BCUT2D eigenvalue weighted by Gasteiger charge is -2.35. The van der Waals surface area contributed by atoms with Gasteiger partial charge in [-0.05, 0) is 50.3 Å². The number of hydrogen-bond acceptors (Lipinski definition) is 2. The molecule has 0 radical (unpaired) electrons. The van der Waals surface area contributed by atoms with Crippen molar-refractivity contribution in [2.24, 2.45) is 11.7 Å². The largest absolute Gasteiger partial charge is 0.326 e. The van der Waals surface area contributed by atoms with Crippen molar-refractivity contribution in [2.45, 2.75) is 45.2 Å². The summed E-state index contributed by atoms with van der Waals surface area (Å²) in [6, 6.07) is 8.44. The van der Waals surface area contributed by atoms with Crippen LogP contribution in [-0.4, -0.2) is 24.0 Å². The van der Waals surface area contributed by atoms with Crippen molar-refractivity contribution in [3.05, 3.63) is 34.9 Å². The number of rotatable bonds is 7. The maximum Gasteiger partial charge on any atom is 0.0511 e. The maximum absolute atomic E-state index is 6.38. The van der Waals surface area contributed by atoms with E-state index in [2.05, 4.69) is 30.9 Å². The molecule has 1 fully saturated rings. The Kier molecular flexibility index (Phi) is 5.26. The molecule has 2 atom stereocenters. The van der Waals surface area contributed by atoms with E-state index in [0.717, 1.165) is 30.5 Å². The number of halogens is 1. The molecule has 0 spiro atoms. The summed E-state index contributed by atoms with van der Waals surface area (Å²) in [5.41, 5.74) is 7.44. The molecule has 0 aromatic heterocycles. The van der Waals surface area contributed by atoms with Gasteiger partial charge >= 0.3 is 0 Å². The van der Waals surface area contributed by atoms with Crippen LogP contribution in [-0.2, 0) is 0 Å². The summed E-state index contributed by atoms with van der Waals surface area (Å²) >= 11 is 6.38. The van der Waals surface area contributed by atoms with Crippen LogP contribution in [0.5, 0.6) is 0 Å². The van der Waals surface area contributed by atoms with Crippen molar-refractivity contribution in [3.63, 3.8) is 0 Å². The van der Waals surface area contributed by atoms with Gasteiger partial charge in [0.1, 0.15) is 0 Å². The quantitative estimate of drug-likeness (QED) is 0.822. The molecule has 1 aliphatic rings. The molecule has 0 amide bonds. The van der Waals surface area contributed by atoms with E-state index in [9.17, 15) is 0 Å². The van der Waals surface area contributed by atoms with Crippen molar-refractivity contribution < 1.29 is 0 Å². The average Bonchev–Trinajstić information content (AvgIpc) is 3.16. The molecule has 2 N–H and O–H groups in total. The molecule has 0 aliphatic heterocycles.